The molecule has 0 fully saturated rings. The van der Waals surface area contributed by atoms with Crippen LogP contribution in [-0.2, 0) is 11.2 Å². The molecule has 3 heteroatoms. The zero-order valence-corrected chi connectivity index (χ0v) is 11.1. The summed E-state index contributed by atoms with van der Waals surface area (Å²) in [6.07, 6.45) is 0.975. The van der Waals surface area contributed by atoms with E-state index in [1.54, 1.807) is 0 Å². The van der Waals surface area contributed by atoms with E-state index >= 15 is 0 Å². The number of ketones is 1. The van der Waals surface area contributed by atoms with Crippen LogP contribution in [0.15, 0.2) is 24.3 Å². The van der Waals surface area contributed by atoms with Gasteiger partial charge in [0.15, 0.2) is 5.78 Å². The Morgan fingerprint density at radius 1 is 1.22 bits per heavy atom. The number of carbonyl (C=O) groups is 2. The Hall–Kier alpha value is -1.64. The number of amides is 1. The fourth-order valence-electron chi connectivity index (χ4n) is 2.30. The van der Waals surface area contributed by atoms with Gasteiger partial charge in [0.1, 0.15) is 0 Å². The summed E-state index contributed by atoms with van der Waals surface area (Å²) in [5.41, 5.74) is 1.51. The van der Waals surface area contributed by atoms with Crippen molar-refractivity contribution in [2.24, 2.45) is 5.92 Å². The summed E-state index contributed by atoms with van der Waals surface area (Å²) in [7, 11) is 0. The number of Topliss-reactive ketones (excluding diaryl/α,β-unsaturated/α-hetero) is 1. The van der Waals surface area contributed by atoms with Crippen LogP contribution in [0, 0.1) is 5.92 Å². The monoisotopic (exact) mass is 245 g/mol. The molecule has 0 saturated heterocycles. The lowest BCUT2D eigenvalue weighted by atomic mass is 9.82. The maximum atomic E-state index is 12.1. The number of hydrogen-bond acceptors (Lipinski definition) is 2. The van der Waals surface area contributed by atoms with Crippen molar-refractivity contribution in [3.63, 3.8) is 0 Å². The summed E-state index contributed by atoms with van der Waals surface area (Å²) in [6, 6.07) is 7.56. The molecule has 1 unspecified atom stereocenters. The van der Waals surface area contributed by atoms with E-state index in [4.69, 9.17) is 0 Å². The Bertz CT molecular complexity index is 486. The maximum absolute atomic E-state index is 12.1. The van der Waals surface area contributed by atoms with E-state index in [0.29, 0.717) is 12.8 Å². The Morgan fingerprint density at radius 2 is 1.89 bits per heavy atom. The van der Waals surface area contributed by atoms with Crippen LogP contribution in [-0.4, -0.2) is 17.2 Å². The van der Waals surface area contributed by atoms with E-state index in [1.165, 1.54) is 0 Å². The molecule has 0 aromatic heterocycles. The second-order valence-electron chi connectivity index (χ2n) is 5.92. The van der Waals surface area contributed by atoms with Gasteiger partial charge in [0.05, 0.1) is 0 Å². The van der Waals surface area contributed by atoms with E-state index in [0.717, 1.165) is 11.1 Å². The van der Waals surface area contributed by atoms with Gasteiger partial charge in [-0.3, -0.25) is 9.59 Å². The maximum Gasteiger partial charge on any atom is 0.224 e. The molecule has 1 aliphatic carbocycles. The minimum absolute atomic E-state index is 0.0228. The highest BCUT2D eigenvalue weighted by molar-refractivity contribution is 6.01. The van der Waals surface area contributed by atoms with Gasteiger partial charge in [0.25, 0.3) is 0 Å². The Kier molecular flexibility index (Phi) is 3.24. The number of benzene rings is 1. The van der Waals surface area contributed by atoms with Crippen LogP contribution >= 0.6 is 0 Å². The lowest BCUT2D eigenvalue weighted by Crippen LogP contribution is -2.45. The largest absolute Gasteiger partial charge is 0.351 e. The topological polar surface area (TPSA) is 46.2 Å². The summed E-state index contributed by atoms with van der Waals surface area (Å²) in [6.45, 7) is 5.84. The Balaban J connectivity index is 2.16. The SMILES string of the molecule is CC(C)(C)NC(=O)C1CC(=O)c2ccccc2C1. The second-order valence-corrected chi connectivity index (χ2v) is 5.92. The molecule has 0 aliphatic heterocycles. The van der Waals surface area contributed by atoms with E-state index in [1.807, 2.05) is 45.0 Å². The van der Waals surface area contributed by atoms with Crippen molar-refractivity contribution in [3.8, 4) is 0 Å². The number of hydrogen-bond donors (Lipinski definition) is 1. The van der Waals surface area contributed by atoms with Crippen LogP contribution in [0.1, 0.15) is 43.1 Å². The summed E-state index contributed by atoms with van der Waals surface area (Å²) in [4.78, 5) is 24.1. The molecule has 18 heavy (non-hydrogen) atoms. The molecule has 0 heterocycles. The van der Waals surface area contributed by atoms with Crippen molar-refractivity contribution >= 4 is 11.7 Å². The quantitative estimate of drug-likeness (QED) is 0.825. The van der Waals surface area contributed by atoms with Gasteiger partial charge in [0.2, 0.25) is 5.91 Å². The molecule has 1 N–H and O–H groups in total. The van der Waals surface area contributed by atoms with Crippen molar-refractivity contribution in [2.45, 2.75) is 39.2 Å². The molecule has 1 aromatic rings. The highest BCUT2D eigenvalue weighted by Crippen LogP contribution is 2.25. The molecule has 0 spiro atoms. The molecular formula is C15H19NO2. The van der Waals surface area contributed by atoms with Crippen molar-refractivity contribution in [1.82, 2.24) is 5.32 Å². The van der Waals surface area contributed by atoms with E-state index in [9.17, 15) is 9.59 Å². The molecule has 0 saturated carbocycles. The van der Waals surface area contributed by atoms with Crippen LogP contribution in [0.25, 0.3) is 0 Å². The number of rotatable bonds is 1. The Morgan fingerprint density at radius 3 is 2.56 bits per heavy atom. The summed E-state index contributed by atoms with van der Waals surface area (Å²) in [5, 5.41) is 2.95. The zero-order valence-electron chi connectivity index (χ0n) is 11.1. The van der Waals surface area contributed by atoms with Crippen molar-refractivity contribution in [1.29, 1.82) is 0 Å². The lowest BCUT2D eigenvalue weighted by Gasteiger charge is -2.27. The van der Waals surface area contributed by atoms with Crippen LogP contribution in [0.4, 0.5) is 0 Å². The smallest absolute Gasteiger partial charge is 0.224 e. The predicted octanol–water partition coefficient (Wildman–Crippen LogP) is 2.35. The normalized spacial score (nSPS) is 19.3. The molecule has 96 valence electrons. The molecule has 0 radical (unpaired) electrons. The molecule has 0 bridgehead atoms. The third-order valence-electron chi connectivity index (χ3n) is 3.08. The molecule has 3 nitrogen and oxygen atoms in total. The molecule has 1 aromatic carbocycles. The summed E-state index contributed by atoms with van der Waals surface area (Å²) >= 11 is 0. The standard InChI is InChI=1S/C15H19NO2/c1-15(2,3)16-14(18)11-8-10-6-4-5-7-12(10)13(17)9-11/h4-7,11H,8-9H2,1-3H3,(H,16,18). The fraction of sp³-hybridized carbons (Fsp3) is 0.467. The van der Waals surface area contributed by atoms with E-state index in [-0.39, 0.29) is 23.1 Å². The van der Waals surface area contributed by atoms with Gasteiger partial charge in [-0.1, -0.05) is 24.3 Å². The fourth-order valence-corrected chi connectivity index (χ4v) is 2.30. The molecule has 1 aliphatic rings. The first-order chi connectivity index (χ1) is 8.37. The predicted molar refractivity (Wildman–Crippen MR) is 70.5 cm³/mol. The summed E-state index contributed by atoms with van der Waals surface area (Å²) in [5.74, 6) is -0.178. The molecule has 1 amide bonds. The summed E-state index contributed by atoms with van der Waals surface area (Å²) < 4.78 is 0. The van der Waals surface area contributed by atoms with Crippen LogP contribution in [0.3, 0.4) is 0 Å². The van der Waals surface area contributed by atoms with Gasteiger partial charge in [-0.2, -0.15) is 0 Å². The van der Waals surface area contributed by atoms with Gasteiger partial charge >= 0.3 is 0 Å². The van der Waals surface area contributed by atoms with Gasteiger partial charge in [-0.05, 0) is 32.8 Å². The highest BCUT2D eigenvalue weighted by atomic mass is 16.2. The van der Waals surface area contributed by atoms with E-state index in [2.05, 4.69) is 5.32 Å². The minimum atomic E-state index is -0.253. The van der Waals surface area contributed by atoms with Crippen LogP contribution < -0.4 is 5.32 Å². The molecule has 1 atom stereocenters. The highest BCUT2D eigenvalue weighted by Gasteiger charge is 2.30. The molecular weight excluding hydrogens is 226 g/mol. The van der Waals surface area contributed by atoms with Gasteiger partial charge < -0.3 is 5.32 Å². The number of carbonyl (C=O) groups excluding carboxylic acids is 2. The number of fused-ring (bicyclic) bond motifs is 1. The lowest BCUT2D eigenvalue weighted by molar-refractivity contribution is -0.126. The Labute approximate surface area is 108 Å². The van der Waals surface area contributed by atoms with Crippen LogP contribution in [0.5, 0.6) is 0 Å². The minimum Gasteiger partial charge on any atom is -0.351 e. The van der Waals surface area contributed by atoms with Gasteiger partial charge in [0, 0.05) is 23.4 Å². The average Bonchev–Trinajstić information content (AvgIpc) is 2.26. The van der Waals surface area contributed by atoms with Crippen molar-refractivity contribution in [2.75, 3.05) is 0 Å². The van der Waals surface area contributed by atoms with Crippen LogP contribution in [0.2, 0.25) is 0 Å². The third-order valence-corrected chi connectivity index (χ3v) is 3.08. The first kappa shape index (κ1) is 12.8. The average molecular weight is 245 g/mol. The van der Waals surface area contributed by atoms with Crippen molar-refractivity contribution < 1.29 is 9.59 Å². The molecule has 2 rings (SSSR count). The van der Waals surface area contributed by atoms with E-state index < -0.39 is 0 Å². The number of nitrogens with one attached hydrogen (secondary N) is 1. The third kappa shape index (κ3) is 2.78. The van der Waals surface area contributed by atoms with Crippen molar-refractivity contribution in [3.05, 3.63) is 35.4 Å². The van der Waals surface area contributed by atoms with Gasteiger partial charge in [-0.25, -0.2) is 0 Å². The van der Waals surface area contributed by atoms with Gasteiger partial charge in [-0.15, -0.1) is 0 Å². The second kappa shape index (κ2) is 4.56. The first-order valence-corrected chi connectivity index (χ1v) is 6.30. The zero-order chi connectivity index (χ0) is 13.3. The first-order valence-electron chi connectivity index (χ1n) is 6.30.